The molecule has 0 saturated carbocycles. The summed E-state index contributed by atoms with van der Waals surface area (Å²) in [6.45, 7) is 1.59. The third-order valence-corrected chi connectivity index (χ3v) is 3.12. The number of benzene rings is 1. The summed E-state index contributed by atoms with van der Waals surface area (Å²) in [4.78, 5) is 10.8. The second kappa shape index (κ2) is 4.71. The van der Waals surface area contributed by atoms with Gasteiger partial charge in [0.1, 0.15) is 0 Å². The van der Waals surface area contributed by atoms with Crippen molar-refractivity contribution >= 4 is 5.97 Å². The molecule has 1 aliphatic heterocycles. The Kier molecular flexibility index (Phi) is 3.28. The molecule has 1 aliphatic rings. The van der Waals surface area contributed by atoms with E-state index in [1.807, 2.05) is 0 Å². The Hall–Kier alpha value is -1.62. The maximum Gasteiger partial charge on any atom is 0.335 e. The molecule has 2 rings (SSSR count). The van der Waals surface area contributed by atoms with Crippen molar-refractivity contribution in [2.24, 2.45) is 0 Å². The predicted molar refractivity (Wildman–Crippen MR) is 59.9 cm³/mol. The minimum Gasteiger partial charge on any atom is -0.505 e. The van der Waals surface area contributed by atoms with Crippen LogP contribution in [0.25, 0.3) is 0 Å². The lowest BCUT2D eigenvalue weighted by atomic mass is 9.88. The Morgan fingerprint density at radius 2 is 2.00 bits per heavy atom. The topological polar surface area (TPSA) is 69.6 Å². The number of carboxylic acids is 1. The zero-order valence-corrected chi connectivity index (χ0v) is 9.24. The van der Waals surface area contributed by atoms with Crippen LogP contribution in [0.5, 0.6) is 5.75 Å². The molecule has 0 spiro atoms. The van der Waals surface area contributed by atoms with E-state index in [9.17, 15) is 14.3 Å². The molecule has 0 aromatic heterocycles. The van der Waals surface area contributed by atoms with Gasteiger partial charge in [0.05, 0.1) is 5.56 Å². The molecule has 5 heteroatoms. The van der Waals surface area contributed by atoms with Gasteiger partial charge in [0, 0.05) is 5.56 Å². The highest BCUT2D eigenvalue weighted by atomic mass is 19.1. The Morgan fingerprint density at radius 3 is 2.59 bits per heavy atom. The van der Waals surface area contributed by atoms with Gasteiger partial charge in [0.25, 0.3) is 0 Å². The average Bonchev–Trinajstić information content (AvgIpc) is 2.33. The Bertz CT molecular complexity index is 442. The van der Waals surface area contributed by atoms with Gasteiger partial charge in [-0.15, -0.1) is 0 Å². The van der Waals surface area contributed by atoms with Crippen molar-refractivity contribution in [2.45, 2.75) is 18.8 Å². The summed E-state index contributed by atoms with van der Waals surface area (Å²) in [6, 6.07) is 2.22. The lowest BCUT2D eigenvalue weighted by Gasteiger charge is -2.24. The summed E-state index contributed by atoms with van der Waals surface area (Å²) in [5.41, 5.74) is 0.290. The quantitative estimate of drug-likeness (QED) is 0.734. The van der Waals surface area contributed by atoms with E-state index in [0.29, 0.717) is 5.56 Å². The summed E-state index contributed by atoms with van der Waals surface area (Å²) in [5, 5.41) is 21.7. The highest BCUT2D eigenvalue weighted by molar-refractivity contribution is 5.88. The molecule has 1 fully saturated rings. The first-order chi connectivity index (χ1) is 8.09. The highest BCUT2D eigenvalue weighted by Gasteiger charge is 2.22. The summed E-state index contributed by atoms with van der Waals surface area (Å²) >= 11 is 0. The molecule has 0 amide bonds. The van der Waals surface area contributed by atoms with Crippen molar-refractivity contribution < 1.29 is 19.4 Å². The molecule has 0 radical (unpaired) electrons. The molecule has 0 aliphatic carbocycles. The zero-order valence-electron chi connectivity index (χ0n) is 9.24. The van der Waals surface area contributed by atoms with Crippen LogP contribution in [0.3, 0.4) is 0 Å². The van der Waals surface area contributed by atoms with E-state index < -0.39 is 17.5 Å². The minimum atomic E-state index is -1.18. The smallest absolute Gasteiger partial charge is 0.335 e. The number of halogens is 1. The van der Waals surface area contributed by atoms with Crippen molar-refractivity contribution in [3.63, 3.8) is 0 Å². The fourth-order valence-corrected chi connectivity index (χ4v) is 2.19. The Labute approximate surface area is 98.1 Å². The number of hydrogen-bond acceptors (Lipinski definition) is 3. The lowest BCUT2D eigenvalue weighted by molar-refractivity contribution is 0.0696. The second-order valence-corrected chi connectivity index (χ2v) is 4.23. The zero-order chi connectivity index (χ0) is 12.4. The Morgan fingerprint density at radius 1 is 1.35 bits per heavy atom. The minimum absolute atomic E-state index is 0.0186. The van der Waals surface area contributed by atoms with E-state index in [-0.39, 0.29) is 11.5 Å². The van der Waals surface area contributed by atoms with E-state index >= 15 is 0 Å². The van der Waals surface area contributed by atoms with Gasteiger partial charge in [-0.2, -0.15) is 0 Å². The summed E-state index contributed by atoms with van der Waals surface area (Å²) < 4.78 is 13.4. The van der Waals surface area contributed by atoms with Crippen LogP contribution < -0.4 is 5.32 Å². The number of phenolic OH excluding ortho intramolecular Hbond substituents is 1. The molecule has 1 aromatic rings. The number of carbonyl (C=O) groups is 1. The Balaban J connectivity index is 2.40. The molecule has 1 saturated heterocycles. The van der Waals surface area contributed by atoms with Gasteiger partial charge in [-0.25, -0.2) is 9.18 Å². The number of carboxylic acid groups (broad SMARTS) is 1. The molecule has 4 nitrogen and oxygen atoms in total. The molecular formula is C12H14FNO3. The van der Waals surface area contributed by atoms with E-state index in [0.717, 1.165) is 32.0 Å². The van der Waals surface area contributed by atoms with E-state index in [4.69, 9.17) is 5.11 Å². The summed E-state index contributed by atoms with van der Waals surface area (Å²) in [7, 11) is 0. The van der Waals surface area contributed by atoms with Crippen LogP contribution in [0.15, 0.2) is 12.1 Å². The van der Waals surface area contributed by atoms with Crippen LogP contribution in [0.2, 0.25) is 0 Å². The van der Waals surface area contributed by atoms with Crippen LogP contribution in [0, 0.1) is 5.82 Å². The van der Waals surface area contributed by atoms with E-state index in [1.54, 1.807) is 0 Å². The molecule has 1 aromatic carbocycles. The monoisotopic (exact) mass is 239 g/mol. The molecule has 0 unspecified atom stereocenters. The summed E-state index contributed by atoms with van der Waals surface area (Å²) in [6.07, 6.45) is 1.55. The summed E-state index contributed by atoms with van der Waals surface area (Å²) in [5.74, 6) is -2.44. The van der Waals surface area contributed by atoms with Crippen molar-refractivity contribution in [3.05, 3.63) is 29.1 Å². The third kappa shape index (κ3) is 2.39. The van der Waals surface area contributed by atoms with Crippen molar-refractivity contribution in [1.29, 1.82) is 0 Å². The average molecular weight is 239 g/mol. The van der Waals surface area contributed by atoms with Crippen LogP contribution >= 0.6 is 0 Å². The van der Waals surface area contributed by atoms with Crippen molar-refractivity contribution in [3.8, 4) is 5.75 Å². The second-order valence-electron chi connectivity index (χ2n) is 4.23. The molecule has 0 bridgehead atoms. The molecule has 17 heavy (non-hydrogen) atoms. The number of aromatic carboxylic acids is 1. The first-order valence-corrected chi connectivity index (χ1v) is 5.56. The number of nitrogens with one attached hydrogen (secondary N) is 1. The van der Waals surface area contributed by atoms with Crippen molar-refractivity contribution in [1.82, 2.24) is 5.32 Å². The number of rotatable bonds is 2. The van der Waals surface area contributed by atoms with Gasteiger partial charge in [0.2, 0.25) is 0 Å². The number of hydrogen-bond donors (Lipinski definition) is 3. The molecular weight excluding hydrogens is 225 g/mol. The number of piperidine rings is 1. The molecule has 0 atom stereocenters. The third-order valence-electron chi connectivity index (χ3n) is 3.12. The van der Waals surface area contributed by atoms with Gasteiger partial charge in [-0.05, 0) is 44.0 Å². The standard InChI is InChI=1S/C12H14FNO3/c13-10-6-8(12(16)17)5-9(11(10)15)7-1-3-14-4-2-7/h5-7,14-15H,1-4H2,(H,16,17). The van der Waals surface area contributed by atoms with Gasteiger partial charge in [0.15, 0.2) is 11.6 Å². The maximum absolute atomic E-state index is 13.4. The molecule has 92 valence electrons. The van der Waals surface area contributed by atoms with Gasteiger partial charge >= 0.3 is 5.97 Å². The fourth-order valence-electron chi connectivity index (χ4n) is 2.19. The first-order valence-electron chi connectivity index (χ1n) is 5.56. The van der Waals surface area contributed by atoms with E-state index in [1.165, 1.54) is 6.07 Å². The van der Waals surface area contributed by atoms with Gasteiger partial charge < -0.3 is 15.5 Å². The molecule has 1 heterocycles. The first kappa shape index (κ1) is 11.9. The number of aromatic hydroxyl groups is 1. The van der Waals surface area contributed by atoms with Gasteiger partial charge in [-0.1, -0.05) is 0 Å². The van der Waals surface area contributed by atoms with Crippen LogP contribution in [-0.4, -0.2) is 29.3 Å². The number of phenols is 1. The normalized spacial score (nSPS) is 17.0. The predicted octanol–water partition coefficient (Wildman–Crippen LogP) is 1.70. The molecule has 3 N–H and O–H groups in total. The highest BCUT2D eigenvalue weighted by Crippen LogP contribution is 2.34. The van der Waals surface area contributed by atoms with Crippen LogP contribution in [0.1, 0.15) is 34.7 Å². The van der Waals surface area contributed by atoms with Crippen LogP contribution in [0.4, 0.5) is 4.39 Å². The van der Waals surface area contributed by atoms with Gasteiger partial charge in [-0.3, -0.25) is 0 Å². The van der Waals surface area contributed by atoms with Crippen molar-refractivity contribution in [2.75, 3.05) is 13.1 Å². The maximum atomic E-state index is 13.4. The fraction of sp³-hybridized carbons (Fsp3) is 0.417. The largest absolute Gasteiger partial charge is 0.505 e. The van der Waals surface area contributed by atoms with Crippen LogP contribution in [-0.2, 0) is 0 Å². The van der Waals surface area contributed by atoms with E-state index in [2.05, 4.69) is 5.32 Å². The lowest BCUT2D eigenvalue weighted by Crippen LogP contribution is -2.26. The SMILES string of the molecule is O=C(O)c1cc(F)c(O)c(C2CCNCC2)c1.